The number of pyridine rings is 1. The number of hydrogen-bond acceptors (Lipinski definition) is 5. The van der Waals surface area contributed by atoms with Crippen LogP contribution >= 0.6 is 0 Å². The van der Waals surface area contributed by atoms with Crippen molar-refractivity contribution in [1.29, 1.82) is 5.26 Å². The zero-order valence-corrected chi connectivity index (χ0v) is 10.0. The Hall–Kier alpha value is -2.94. The third-order valence-corrected chi connectivity index (χ3v) is 2.46. The monoisotopic (exact) mass is 255 g/mol. The molecule has 1 aromatic heterocycles. The SMILES string of the molecule is Cc1ccc([N+](=O)[O-])cc1Oc1ccc(C#N)nc1. The summed E-state index contributed by atoms with van der Waals surface area (Å²) in [6.45, 7) is 1.79. The third kappa shape index (κ3) is 2.84. The van der Waals surface area contributed by atoms with Crippen LogP contribution in [0.15, 0.2) is 36.5 Å². The minimum atomic E-state index is -0.483. The molecular weight excluding hydrogens is 246 g/mol. The van der Waals surface area contributed by atoms with Crippen molar-refractivity contribution in [1.82, 2.24) is 4.98 Å². The molecule has 0 aliphatic carbocycles. The predicted octanol–water partition coefficient (Wildman–Crippen LogP) is 2.96. The van der Waals surface area contributed by atoms with Crippen molar-refractivity contribution in [3.8, 4) is 17.6 Å². The lowest BCUT2D eigenvalue weighted by Crippen LogP contribution is -1.93. The van der Waals surface area contributed by atoms with E-state index in [1.165, 1.54) is 24.4 Å². The molecule has 0 aliphatic rings. The highest BCUT2D eigenvalue weighted by Crippen LogP contribution is 2.28. The van der Waals surface area contributed by atoms with E-state index in [1.54, 1.807) is 19.1 Å². The Bertz CT molecular complexity index is 660. The molecule has 0 N–H and O–H groups in total. The van der Waals surface area contributed by atoms with Crippen molar-refractivity contribution in [2.75, 3.05) is 0 Å². The van der Waals surface area contributed by atoms with Gasteiger partial charge in [0.1, 0.15) is 23.3 Å². The molecule has 6 heteroatoms. The van der Waals surface area contributed by atoms with E-state index < -0.39 is 4.92 Å². The quantitative estimate of drug-likeness (QED) is 0.621. The Balaban J connectivity index is 2.29. The molecule has 0 radical (unpaired) electrons. The first-order chi connectivity index (χ1) is 9.10. The Morgan fingerprint density at radius 2 is 2.16 bits per heavy atom. The van der Waals surface area contributed by atoms with Crippen molar-refractivity contribution in [2.45, 2.75) is 6.92 Å². The van der Waals surface area contributed by atoms with Crippen LogP contribution in [0.4, 0.5) is 5.69 Å². The van der Waals surface area contributed by atoms with Crippen LogP contribution in [0.25, 0.3) is 0 Å². The number of aryl methyl sites for hydroxylation is 1. The van der Waals surface area contributed by atoms with Crippen LogP contribution in [0.5, 0.6) is 11.5 Å². The van der Waals surface area contributed by atoms with Gasteiger partial charge in [-0.05, 0) is 30.7 Å². The maximum absolute atomic E-state index is 10.7. The van der Waals surface area contributed by atoms with Crippen LogP contribution in [0.3, 0.4) is 0 Å². The maximum atomic E-state index is 10.7. The van der Waals surface area contributed by atoms with E-state index in [0.29, 0.717) is 11.5 Å². The molecule has 0 bridgehead atoms. The Labute approximate surface area is 109 Å². The summed E-state index contributed by atoms with van der Waals surface area (Å²) in [7, 11) is 0. The first kappa shape index (κ1) is 12.5. The second-order valence-electron chi connectivity index (χ2n) is 3.80. The maximum Gasteiger partial charge on any atom is 0.273 e. The van der Waals surface area contributed by atoms with Crippen LogP contribution < -0.4 is 4.74 Å². The van der Waals surface area contributed by atoms with Crippen LogP contribution in [0.2, 0.25) is 0 Å². The Kier molecular flexibility index (Phi) is 3.39. The minimum absolute atomic E-state index is 0.0396. The summed E-state index contributed by atoms with van der Waals surface area (Å²) in [5.74, 6) is 0.809. The van der Waals surface area contributed by atoms with Gasteiger partial charge in [-0.1, -0.05) is 0 Å². The Morgan fingerprint density at radius 1 is 1.37 bits per heavy atom. The van der Waals surface area contributed by atoms with E-state index in [9.17, 15) is 10.1 Å². The van der Waals surface area contributed by atoms with E-state index >= 15 is 0 Å². The third-order valence-electron chi connectivity index (χ3n) is 2.46. The van der Waals surface area contributed by atoms with Gasteiger partial charge in [-0.15, -0.1) is 0 Å². The molecule has 0 unspecified atom stereocenters. The van der Waals surface area contributed by atoms with Crippen molar-refractivity contribution >= 4 is 5.69 Å². The van der Waals surface area contributed by atoms with Gasteiger partial charge in [0.2, 0.25) is 0 Å². The number of nitro benzene ring substituents is 1. The van der Waals surface area contributed by atoms with Gasteiger partial charge < -0.3 is 4.74 Å². The van der Waals surface area contributed by atoms with E-state index in [4.69, 9.17) is 10.00 Å². The van der Waals surface area contributed by atoms with Crippen LogP contribution in [-0.4, -0.2) is 9.91 Å². The summed E-state index contributed by atoms with van der Waals surface area (Å²) < 4.78 is 5.52. The van der Waals surface area contributed by atoms with Gasteiger partial charge in [-0.2, -0.15) is 5.26 Å². The molecule has 0 atom stereocenters. The molecule has 0 saturated carbocycles. The van der Waals surface area contributed by atoms with Gasteiger partial charge in [0.05, 0.1) is 17.2 Å². The smallest absolute Gasteiger partial charge is 0.273 e. The number of rotatable bonds is 3. The summed E-state index contributed by atoms with van der Waals surface area (Å²) in [4.78, 5) is 14.1. The second kappa shape index (κ2) is 5.14. The van der Waals surface area contributed by atoms with Gasteiger partial charge in [-0.25, -0.2) is 4.98 Å². The van der Waals surface area contributed by atoms with E-state index in [1.807, 2.05) is 6.07 Å². The highest BCUT2D eigenvalue weighted by molar-refractivity contribution is 5.45. The van der Waals surface area contributed by atoms with Gasteiger partial charge >= 0.3 is 0 Å². The molecule has 19 heavy (non-hydrogen) atoms. The van der Waals surface area contributed by atoms with Gasteiger partial charge in [-0.3, -0.25) is 10.1 Å². The number of benzene rings is 1. The van der Waals surface area contributed by atoms with Crippen molar-refractivity contribution < 1.29 is 9.66 Å². The minimum Gasteiger partial charge on any atom is -0.455 e. The molecule has 6 nitrogen and oxygen atoms in total. The number of aromatic nitrogens is 1. The van der Waals surface area contributed by atoms with Crippen molar-refractivity contribution in [3.63, 3.8) is 0 Å². The highest BCUT2D eigenvalue weighted by Gasteiger charge is 2.10. The zero-order valence-electron chi connectivity index (χ0n) is 10.0. The number of ether oxygens (including phenoxy) is 1. The average Bonchev–Trinajstić information content (AvgIpc) is 2.42. The molecule has 0 saturated heterocycles. The summed E-state index contributed by atoms with van der Waals surface area (Å²) in [6, 6.07) is 9.39. The van der Waals surface area contributed by atoms with Crippen LogP contribution in [0, 0.1) is 28.4 Å². The molecule has 0 aliphatic heterocycles. The van der Waals surface area contributed by atoms with Crippen LogP contribution in [-0.2, 0) is 0 Å². The second-order valence-corrected chi connectivity index (χ2v) is 3.80. The molecule has 1 heterocycles. The topological polar surface area (TPSA) is 89.0 Å². The van der Waals surface area contributed by atoms with Gasteiger partial charge in [0.25, 0.3) is 5.69 Å². The lowest BCUT2D eigenvalue weighted by atomic mass is 10.2. The first-order valence-electron chi connectivity index (χ1n) is 5.39. The van der Waals surface area contributed by atoms with Gasteiger partial charge in [0, 0.05) is 6.07 Å². The number of nitro groups is 1. The summed E-state index contributed by atoms with van der Waals surface area (Å²) in [6.07, 6.45) is 1.40. The highest BCUT2D eigenvalue weighted by atomic mass is 16.6. The average molecular weight is 255 g/mol. The number of hydrogen-bond donors (Lipinski definition) is 0. The lowest BCUT2D eigenvalue weighted by Gasteiger charge is -2.07. The molecule has 0 spiro atoms. The van der Waals surface area contributed by atoms with Crippen molar-refractivity contribution in [2.24, 2.45) is 0 Å². The molecule has 2 aromatic rings. The molecule has 0 amide bonds. The lowest BCUT2D eigenvalue weighted by molar-refractivity contribution is -0.384. The van der Waals surface area contributed by atoms with Gasteiger partial charge in [0.15, 0.2) is 0 Å². The number of nitriles is 1. The number of non-ortho nitro benzene ring substituents is 1. The van der Waals surface area contributed by atoms with E-state index in [-0.39, 0.29) is 11.4 Å². The van der Waals surface area contributed by atoms with E-state index in [0.717, 1.165) is 5.56 Å². The molecule has 94 valence electrons. The normalized spacial score (nSPS) is 9.68. The number of nitrogens with zero attached hydrogens (tertiary/aromatic N) is 3. The first-order valence-corrected chi connectivity index (χ1v) is 5.39. The molecular formula is C13H9N3O3. The predicted molar refractivity (Wildman–Crippen MR) is 66.9 cm³/mol. The fourth-order valence-corrected chi connectivity index (χ4v) is 1.45. The molecule has 2 rings (SSSR count). The summed E-state index contributed by atoms with van der Waals surface area (Å²) in [5, 5.41) is 19.3. The zero-order chi connectivity index (χ0) is 13.8. The largest absolute Gasteiger partial charge is 0.455 e. The molecule has 1 aromatic carbocycles. The standard InChI is InChI=1S/C13H9N3O3/c1-9-2-4-11(16(17)18)6-13(9)19-12-5-3-10(7-14)15-8-12/h2-6,8H,1H3. The Morgan fingerprint density at radius 3 is 2.74 bits per heavy atom. The molecule has 0 fully saturated rings. The van der Waals surface area contributed by atoms with Crippen LogP contribution in [0.1, 0.15) is 11.3 Å². The van der Waals surface area contributed by atoms with Crippen molar-refractivity contribution in [3.05, 3.63) is 57.9 Å². The summed E-state index contributed by atoms with van der Waals surface area (Å²) >= 11 is 0. The fourth-order valence-electron chi connectivity index (χ4n) is 1.45. The fraction of sp³-hybridized carbons (Fsp3) is 0.0769. The van der Waals surface area contributed by atoms with E-state index in [2.05, 4.69) is 4.98 Å². The summed E-state index contributed by atoms with van der Waals surface area (Å²) in [5.41, 5.74) is 1.01.